The minimum atomic E-state index is -0.829. The summed E-state index contributed by atoms with van der Waals surface area (Å²) in [6, 6.07) is 3.98. The normalized spacial score (nSPS) is 26.4. The van der Waals surface area contributed by atoms with Crippen molar-refractivity contribution >= 4 is 11.6 Å². The highest BCUT2D eigenvalue weighted by Crippen LogP contribution is 2.34. The summed E-state index contributed by atoms with van der Waals surface area (Å²) in [7, 11) is 0. The van der Waals surface area contributed by atoms with Crippen molar-refractivity contribution in [2.45, 2.75) is 25.9 Å². The lowest BCUT2D eigenvalue weighted by Gasteiger charge is -2.19. The number of benzene rings is 1. The first-order chi connectivity index (χ1) is 11.1. The fourth-order valence-electron chi connectivity index (χ4n) is 3.14. The Morgan fingerprint density at radius 3 is 2.96 bits per heavy atom. The molecule has 4 nitrogen and oxygen atoms in total. The Kier molecular flexibility index (Phi) is 4.80. The molecule has 1 aliphatic carbocycles. The van der Waals surface area contributed by atoms with Crippen molar-refractivity contribution in [2.75, 3.05) is 31.1 Å². The Morgan fingerprint density at radius 2 is 2.22 bits per heavy atom. The number of hydrogen-bond donors (Lipinski definition) is 1. The van der Waals surface area contributed by atoms with Gasteiger partial charge in [0, 0.05) is 38.0 Å². The maximum atomic E-state index is 13.3. The molecule has 1 aromatic rings. The van der Waals surface area contributed by atoms with E-state index in [1.54, 1.807) is 6.07 Å². The molecule has 1 N–H and O–H groups in total. The van der Waals surface area contributed by atoms with Crippen LogP contribution in [0.3, 0.4) is 0 Å². The second kappa shape index (κ2) is 6.83. The lowest BCUT2D eigenvalue weighted by molar-refractivity contribution is -0.123. The van der Waals surface area contributed by atoms with Gasteiger partial charge in [-0.25, -0.2) is 8.78 Å². The van der Waals surface area contributed by atoms with Crippen LogP contribution in [0.1, 0.15) is 19.8 Å². The summed E-state index contributed by atoms with van der Waals surface area (Å²) in [5, 5.41) is 2.99. The largest absolute Gasteiger partial charge is 0.378 e. The highest BCUT2D eigenvalue weighted by Gasteiger charge is 2.44. The van der Waals surface area contributed by atoms with Gasteiger partial charge in [-0.05, 0) is 37.8 Å². The highest BCUT2D eigenvalue weighted by atomic mass is 19.2. The number of amides is 1. The van der Waals surface area contributed by atoms with E-state index in [-0.39, 0.29) is 17.9 Å². The smallest absolute Gasteiger partial charge is 0.225 e. The number of ether oxygens (including phenoxy) is 1. The third kappa shape index (κ3) is 3.80. The molecular formula is C17H22F2N2O2. The van der Waals surface area contributed by atoms with Crippen LogP contribution in [0.5, 0.6) is 0 Å². The van der Waals surface area contributed by atoms with Crippen molar-refractivity contribution in [2.24, 2.45) is 11.8 Å². The van der Waals surface area contributed by atoms with E-state index >= 15 is 0 Å². The van der Waals surface area contributed by atoms with Crippen molar-refractivity contribution in [3.63, 3.8) is 0 Å². The summed E-state index contributed by atoms with van der Waals surface area (Å²) < 4.78 is 31.7. The van der Waals surface area contributed by atoms with E-state index in [0.717, 1.165) is 32.0 Å². The van der Waals surface area contributed by atoms with E-state index in [4.69, 9.17) is 4.74 Å². The first-order valence-electron chi connectivity index (χ1n) is 8.17. The maximum absolute atomic E-state index is 13.3. The molecule has 1 aromatic carbocycles. The Labute approximate surface area is 134 Å². The summed E-state index contributed by atoms with van der Waals surface area (Å²) in [5.74, 6) is -1.26. The third-order valence-corrected chi connectivity index (χ3v) is 4.57. The van der Waals surface area contributed by atoms with E-state index < -0.39 is 11.6 Å². The molecule has 1 aliphatic heterocycles. The van der Waals surface area contributed by atoms with Gasteiger partial charge < -0.3 is 15.0 Å². The second-order valence-electron chi connectivity index (χ2n) is 6.28. The van der Waals surface area contributed by atoms with Crippen LogP contribution in [0.15, 0.2) is 18.2 Å². The molecule has 3 atom stereocenters. The van der Waals surface area contributed by atoms with Gasteiger partial charge in [-0.1, -0.05) is 0 Å². The van der Waals surface area contributed by atoms with Crippen LogP contribution in [0.25, 0.3) is 0 Å². The van der Waals surface area contributed by atoms with E-state index in [1.165, 1.54) is 6.07 Å². The van der Waals surface area contributed by atoms with E-state index in [2.05, 4.69) is 5.32 Å². The maximum Gasteiger partial charge on any atom is 0.225 e. The first-order valence-corrected chi connectivity index (χ1v) is 8.17. The molecule has 1 saturated carbocycles. The average molecular weight is 324 g/mol. The molecule has 6 heteroatoms. The third-order valence-electron chi connectivity index (χ3n) is 4.57. The summed E-state index contributed by atoms with van der Waals surface area (Å²) in [6.45, 7) is 4.72. The summed E-state index contributed by atoms with van der Waals surface area (Å²) in [4.78, 5) is 14.0. The van der Waals surface area contributed by atoms with Crippen LogP contribution in [0, 0.1) is 23.5 Å². The predicted octanol–water partition coefficient (Wildman–Crippen LogP) is 2.33. The van der Waals surface area contributed by atoms with Gasteiger partial charge in [0.15, 0.2) is 11.6 Å². The minimum Gasteiger partial charge on any atom is -0.378 e. The van der Waals surface area contributed by atoms with Gasteiger partial charge in [-0.3, -0.25) is 4.79 Å². The quantitative estimate of drug-likeness (QED) is 0.873. The number of nitrogens with one attached hydrogen (secondary N) is 1. The van der Waals surface area contributed by atoms with Gasteiger partial charge in [0.2, 0.25) is 5.91 Å². The molecule has 0 bridgehead atoms. The van der Waals surface area contributed by atoms with Crippen LogP contribution in [-0.2, 0) is 9.53 Å². The van der Waals surface area contributed by atoms with Crippen molar-refractivity contribution in [1.29, 1.82) is 0 Å². The SMILES string of the molecule is CCO[C@@H]1C[C@@H]1C(=O)NC[C@@H]1CCN(c2ccc(F)c(F)c2)C1. The minimum absolute atomic E-state index is 0.00125. The van der Waals surface area contributed by atoms with Crippen molar-refractivity contribution in [3.05, 3.63) is 29.8 Å². The van der Waals surface area contributed by atoms with E-state index in [9.17, 15) is 13.6 Å². The van der Waals surface area contributed by atoms with Crippen LogP contribution < -0.4 is 10.2 Å². The van der Waals surface area contributed by atoms with Gasteiger partial charge >= 0.3 is 0 Å². The van der Waals surface area contributed by atoms with Crippen LogP contribution >= 0.6 is 0 Å². The zero-order chi connectivity index (χ0) is 16.4. The zero-order valence-corrected chi connectivity index (χ0v) is 13.2. The molecule has 1 saturated heterocycles. The lowest BCUT2D eigenvalue weighted by atomic mass is 10.1. The second-order valence-corrected chi connectivity index (χ2v) is 6.28. The van der Waals surface area contributed by atoms with Crippen LogP contribution in [0.4, 0.5) is 14.5 Å². The molecule has 23 heavy (non-hydrogen) atoms. The molecule has 2 aliphatic rings. The fourth-order valence-corrected chi connectivity index (χ4v) is 3.14. The molecule has 0 spiro atoms. The monoisotopic (exact) mass is 324 g/mol. The van der Waals surface area contributed by atoms with Crippen LogP contribution in [0.2, 0.25) is 0 Å². The molecule has 1 amide bonds. The number of rotatable bonds is 6. The molecule has 2 fully saturated rings. The van der Waals surface area contributed by atoms with Crippen molar-refractivity contribution in [3.8, 4) is 0 Å². The number of nitrogens with zero attached hydrogens (tertiary/aromatic N) is 1. The lowest BCUT2D eigenvalue weighted by Crippen LogP contribution is -2.32. The number of carbonyl (C=O) groups excluding carboxylic acids is 1. The van der Waals surface area contributed by atoms with E-state index in [1.807, 2.05) is 11.8 Å². The number of hydrogen-bond acceptors (Lipinski definition) is 3. The molecule has 3 rings (SSSR count). The summed E-state index contributed by atoms with van der Waals surface area (Å²) >= 11 is 0. The Bertz CT molecular complexity index is 582. The zero-order valence-electron chi connectivity index (χ0n) is 13.2. The number of halogens is 2. The van der Waals surface area contributed by atoms with E-state index in [0.29, 0.717) is 24.8 Å². The molecule has 126 valence electrons. The van der Waals surface area contributed by atoms with Gasteiger partial charge in [-0.15, -0.1) is 0 Å². The Morgan fingerprint density at radius 1 is 1.39 bits per heavy atom. The molecule has 0 unspecified atom stereocenters. The number of anilines is 1. The molecular weight excluding hydrogens is 302 g/mol. The predicted molar refractivity (Wildman–Crippen MR) is 83.2 cm³/mol. The Hall–Kier alpha value is -1.69. The fraction of sp³-hybridized carbons (Fsp3) is 0.588. The topological polar surface area (TPSA) is 41.6 Å². The van der Waals surface area contributed by atoms with Crippen molar-refractivity contribution in [1.82, 2.24) is 5.32 Å². The molecule has 1 heterocycles. The molecule has 0 aromatic heterocycles. The Balaban J connectivity index is 1.45. The first kappa shape index (κ1) is 16.2. The number of carbonyl (C=O) groups is 1. The molecule has 0 radical (unpaired) electrons. The average Bonchev–Trinajstić information content (AvgIpc) is 3.14. The van der Waals surface area contributed by atoms with Gasteiger partial charge in [0.05, 0.1) is 12.0 Å². The standard InChI is InChI=1S/C17H22F2N2O2/c1-2-23-16-8-13(16)17(22)20-9-11-5-6-21(10-11)12-3-4-14(18)15(19)7-12/h3-4,7,11,13,16H,2,5-6,8-10H2,1H3,(H,20,22)/t11-,13-,16+/m0/s1. The van der Waals surface area contributed by atoms with Crippen LogP contribution in [-0.4, -0.2) is 38.3 Å². The van der Waals surface area contributed by atoms with Crippen molar-refractivity contribution < 1.29 is 18.3 Å². The van der Waals surface area contributed by atoms with Gasteiger partial charge in [-0.2, -0.15) is 0 Å². The van der Waals surface area contributed by atoms with Gasteiger partial charge in [0.25, 0.3) is 0 Å². The summed E-state index contributed by atoms with van der Waals surface area (Å²) in [5.41, 5.74) is 0.691. The summed E-state index contributed by atoms with van der Waals surface area (Å²) in [6.07, 6.45) is 1.83. The van der Waals surface area contributed by atoms with Gasteiger partial charge in [0.1, 0.15) is 0 Å². The highest BCUT2D eigenvalue weighted by molar-refractivity contribution is 5.82.